The molecule has 30 heavy (non-hydrogen) atoms. The van der Waals surface area contributed by atoms with Crippen LogP contribution < -0.4 is 16.4 Å². The van der Waals surface area contributed by atoms with E-state index in [2.05, 4.69) is 41.5 Å². The van der Waals surface area contributed by atoms with Crippen LogP contribution in [0.3, 0.4) is 0 Å². The molecule has 0 bridgehead atoms. The second-order valence-corrected chi connectivity index (χ2v) is 7.39. The van der Waals surface area contributed by atoms with Gasteiger partial charge in [-0.05, 0) is 23.8 Å². The highest BCUT2D eigenvalue weighted by atomic mass is 79.9. The maximum atomic E-state index is 12.8. The Hall–Kier alpha value is -3.60. The van der Waals surface area contributed by atoms with E-state index < -0.39 is 5.91 Å². The molecule has 0 aliphatic rings. The van der Waals surface area contributed by atoms with Gasteiger partial charge in [-0.2, -0.15) is 10.2 Å². The van der Waals surface area contributed by atoms with Crippen molar-refractivity contribution in [2.45, 2.75) is 13.1 Å². The van der Waals surface area contributed by atoms with Gasteiger partial charge in [-0.3, -0.25) is 19.0 Å². The molecule has 2 N–H and O–H groups in total. The number of benzene rings is 1. The number of carbonyl (C=O) groups is 1. The quantitative estimate of drug-likeness (QED) is 0.432. The molecule has 4 aromatic rings. The van der Waals surface area contributed by atoms with Crippen LogP contribution in [-0.2, 0) is 13.1 Å². The van der Waals surface area contributed by atoms with Crippen molar-refractivity contribution in [1.29, 1.82) is 0 Å². The van der Waals surface area contributed by atoms with Gasteiger partial charge in [0.05, 0.1) is 19.3 Å². The zero-order chi connectivity index (χ0) is 21.1. The third-order valence-electron chi connectivity index (χ3n) is 4.41. The van der Waals surface area contributed by atoms with E-state index in [1.54, 1.807) is 4.68 Å². The number of nitrogens with zero attached hydrogens (tertiary/aromatic N) is 5. The van der Waals surface area contributed by atoms with Gasteiger partial charge in [-0.25, -0.2) is 14.8 Å². The van der Waals surface area contributed by atoms with Gasteiger partial charge in [0.1, 0.15) is 17.4 Å². The van der Waals surface area contributed by atoms with Crippen molar-refractivity contribution in [1.82, 2.24) is 34.8 Å². The number of aromatic amines is 1. The maximum absolute atomic E-state index is 12.8. The van der Waals surface area contributed by atoms with Crippen LogP contribution in [0.15, 0.2) is 63.0 Å². The summed E-state index contributed by atoms with van der Waals surface area (Å²) in [5.74, 6) is -0.424. The first-order chi connectivity index (χ1) is 14.5. The van der Waals surface area contributed by atoms with Crippen molar-refractivity contribution < 1.29 is 4.79 Å². The Morgan fingerprint density at radius 2 is 1.93 bits per heavy atom. The molecule has 0 unspecified atom stereocenters. The fourth-order valence-corrected chi connectivity index (χ4v) is 3.16. The molecule has 3 heterocycles. The molecule has 0 aliphatic heterocycles. The van der Waals surface area contributed by atoms with Crippen molar-refractivity contribution in [3.8, 4) is 0 Å². The zero-order valence-corrected chi connectivity index (χ0v) is 17.2. The first-order valence-corrected chi connectivity index (χ1v) is 9.80. The number of nitrogens with one attached hydrogen (secondary N) is 2. The zero-order valence-electron chi connectivity index (χ0n) is 15.6. The molecule has 0 saturated carbocycles. The number of aromatic nitrogens is 6. The van der Waals surface area contributed by atoms with Crippen molar-refractivity contribution in [2.75, 3.05) is 6.54 Å². The lowest BCUT2D eigenvalue weighted by molar-refractivity contribution is 0.0946. The monoisotopic (exact) mass is 469 g/mol. The minimum Gasteiger partial charge on any atom is -0.349 e. The number of H-pyrrole nitrogens is 1. The van der Waals surface area contributed by atoms with Crippen molar-refractivity contribution in [2.24, 2.45) is 0 Å². The third kappa shape index (κ3) is 4.20. The Morgan fingerprint density at radius 3 is 2.67 bits per heavy atom. The predicted molar refractivity (Wildman–Crippen MR) is 112 cm³/mol. The molecule has 0 aliphatic carbocycles. The Balaban J connectivity index is 1.45. The molecule has 11 heteroatoms. The van der Waals surface area contributed by atoms with Crippen LogP contribution in [0.25, 0.3) is 11.0 Å². The molecule has 152 valence electrons. The average Bonchev–Trinajstić information content (AvgIpc) is 3.16. The van der Waals surface area contributed by atoms with E-state index in [0.29, 0.717) is 24.1 Å². The minimum atomic E-state index is -0.424. The molecule has 1 aromatic carbocycles. The fourth-order valence-electron chi connectivity index (χ4n) is 2.90. The predicted octanol–water partition coefficient (Wildman–Crippen LogP) is 0.917. The van der Waals surface area contributed by atoms with Crippen LogP contribution in [0.2, 0.25) is 0 Å². The van der Waals surface area contributed by atoms with E-state index in [1.807, 2.05) is 24.3 Å². The van der Waals surface area contributed by atoms with Gasteiger partial charge >= 0.3 is 0 Å². The smallest absolute Gasteiger partial charge is 0.271 e. The van der Waals surface area contributed by atoms with Gasteiger partial charge in [0.25, 0.3) is 17.0 Å². The molecule has 1 amide bonds. The Morgan fingerprint density at radius 1 is 1.13 bits per heavy atom. The van der Waals surface area contributed by atoms with Crippen molar-refractivity contribution in [3.63, 3.8) is 0 Å². The number of amides is 1. The van der Waals surface area contributed by atoms with E-state index >= 15 is 0 Å². The molecule has 10 nitrogen and oxygen atoms in total. The van der Waals surface area contributed by atoms with Crippen LogP contribution in [-0.4, -0.2) is 42.0 Å². The van der Waals surface area contributed by atoms with E-state index in [1.165, 1.54) is 29.2 Å². The first-order valence-electron chi connectivity index (χ1n) is 9.00. The van der Waals surface area contributed by atoms with Gasteiger partial charge in [0.2, 0.25) is 0 Å². The number of hydrogen-bond donors (Lipinski definition) is 2. The second kappa shape index (κ2) is 8.41. The van der Waals surface area contributed by atoms with Crippen LogP contribution in [0, 0.1) is 0 Å². The standard InChI is InChI=1S/C19H16BrN7O3/c20-13-3-1-12(2-4-13)10-26-11-22-17-14(19(26)30)9-23-27(17)8-7-21-18(29)15-5-6-16(28)25-24-15/h1-6,9,11H,7-8,10H2,(H,21,29)(H,25,28). The number of fused-ring (bicyclic) bond motifs is 1. The van der Waals surface area contributed by atoms with Crippen LogP contribution in [0.4, 0.5) is 0 Å². The maximum Gasteiger partial charge on any atom is 0.271 e. The number of rotatable bonds is 6. The van der Waals surface area contributed by atoms with Gasteiger partial charge in [0, 0.05) is 17.1 Å². The van der Waals surface area contributed by atoms with Crippen molar-refractivity contribution in [3.05, 3.63) is 85.4 Å². The lowest BCUT2D eigenvalue weighted by Crippen LogP contribution is -2.29. The average molecular weight is 470 g/mol. The third-order valence-corrected chi connectivity index (χ3v) is 4.94. The normalized spacial score (nSPS) is 11.0. The molecular formula is C19H16BrN7O3. The molecule has 0 radical (unpaired) electrons. The first kappa shape index (κ1) is 19.7. The lowest BCUT2D eigenvalue weighted by Gasteiger charge is -2.07. The summed E-state index contributed by atoms with van der Waals surface area (Å²) in [6.45, 7) is 0.976. The summed E-state index contributed by atoms with van der Waals surface area (Å²) in [6.07, 6.45) is 2.97. The molecule has 0 spiro atoms. The van der Waals surface area contributed by atoms with Gasteiger partial charge in [-0.1, -0.05) is 28.1 Å². The summed E-state index contributed by atoms with van der Waals surface area (Å²) in [5, 5.41) is 13.2. The second-order valence-electron chi connectivity index (χ2n) is 6.47. The number of halogens is 1. The highest BCUT2D eigenvalue weighted by Gasteiger charge is 2.12. The van der Waals surface area contributed by atoms with Gasteiger partial charge in [0.15, 0.2) is 5.65 Å². The van der Waals surface area contributed by atoms with E-state index in [4.69, 9.17) is 0 Å². The summed E-state index contributed by atoms with van der Waals surface area (Å²) in [7, 11) is 0. The van der Waals surface area contributed by atoms with Crippen molar-refractivity contribution >= 4 is 32.9 Å². The Bertz CT molecular complexity index is 1300. The van der Waals surface area contributed by atoms with E-state index in [0.717, 1.165) is 10.0 Å². The number of hydrogen-bond acceptors (Lipinski definition) is 6. The summed E-state index contributed by atoms with van der Waals surface area (Å²) in [6, 6.07) is 10.3. The minimum absolute atomic E-state index is 0.105. The van der Waals surface area contributed by atoms with Crippen LogP contribution in [0.5, 0.6) is 0 Å². The molecular weight excluding hydrogens is 454 g/mol. The van der Waals surface area contributed by atoms with Crippen LogP contribution in [0.1, 0.15) is 16.1 Å². The highest BCUT2D eigenvalue weighted by molar-refractivity contribution is 9.10. The molecule has 3 aromatic heterocycles. The summed E-state index contributed by atoms with van der Waals surface area (Å²) < 4.78 is 4.06. The summed E-state index contributed by atoms with van der Waals surface area (Å²) in [5.41, 5.74) is 0.965. The molecule has 0 saturated heterocycles. The lowest BCUT2D eigenvalue weighted by atomic mass is 10.2. The van der Waals surface area contributed by atoms with E-state index in [-0.39, 0.29) is 23.4 Å². The highest BCUT2D eigenvalue weighted by Crippen LogP contribution is 2.12. The fraction of sp³-hybridized carbons (Fsp3) is 0.158. The van der Waals surface area contributed by atoms with E-state index in [9.17, 15) is 14.4 Å². The molecule has 0 atom stereocenters. The summed E-state index contributed by atoms with van der Waals surface area (Å²) in [4.78, 5) is 40.2. The van der Waals surface area contributed by atoms with Gasteiger partial charge in [-0.15, -0.1) is 0 Å². The SMILES string of the molecule is O=C(NCCn1ncc2c(=O)n(Cc3ccc(Br)cc3)cnc21)c1ccc(=O)[nH]n1. The topological polar surface area (TPSA) is 128 Å². The Labute approximate surface area is 177 Å². The summed E-state index contributed by atoms with van der Waals surface area (Å²) >= 11 is 3.39. The Kier molecular flexibility index (Phi) is 5.53. The number of carbonyl (C=O) groups excluding carboxylic acids is 1. The molecule has 4 rings (SSSR count). The van der Waals surface area contributed by atoms with Gasteiger partial charge < -0.3 is 5.32 Å². The largest absolute Gasteiger partial charge is 0.349 e. The molecule has 0 fully saturated rings. The van der Waals surface area contributed by atoms with Crippen LogP contribution >= 0.6 is 15.9 Å².